The highest BCUT2D eigenvalue weighted by Crippen LogP contribution is 2.18. The second-order valence-electron chi connectivity index (χ2n) is 2.40. The highest BCUT2D eigenvalue weighted by atomic mass is 16.5. The largest absolute Gasteiger partial charge is 0.481 e. The van der Waals surface area contributed by atoms with Crippen LogP contribution in [0.25, 0.3) is 0 Å². The number of carboxylic acids is 1. The van der Waals surface area contributed by atoms with E-state index in [4.69, 9.17) is 15.3 Å². The lowest BCUT2D eigenvalue weighted by Gasteiger charge is -2.20. The van der Waals surface area contributed by atoms with Crippen molar-refractivity contribution in [1.29, 1.82) is 0 Å². The average Bonchev–Trinajstić information content (AvgIpc) is 1.65. The number of hydrogen-bond acceptors (Lipinski definition) is 3. The maximum Gasteiger partial charge on any atom is 0.314 e. The van der Waals surface area contributed by atoms with Crippen LogP contribution in [0.3, 0.4) is 0 Å². The molecule has 0 bridgehead atoms. The molecule has 0 aliphatic rings. The molecule has 0 aliphatic heterocycles. The van der Waals surface area contributed by atoms with E-state index >= 15 is 0 Å². The predicted molar refractivity (Wildman–Crippen MR) is 29.6 cm³/mol. The summed E-state index contributed by atoms with van der Waals surface area (Å²) in [6, 6.07) is 0. The van der Waals surface area contributed by atoms with Gasteiger partial charge in [-0.05, 0) is 13.8 Å². The van der Waals surface area contributed by atoms with Crippen molar-refractivity contribution in [3.63, 3.8) is 0 Å². The van der Waals surface area contributed by atoms with Gasteiger partial charge in [-0.25, -0.2) is 0 Å². The van der Waals surface area contributed by atoms with Gasteiger partial charge in [-0.2, -0.15) is 0 Å². The molecule has 4 heteroatoms. The maximum absolute atomic E-state index is 10.1. The van der Waals surface area contributed by atoms with Crippen molar-refractivity contribution in [1.82, 2.24) is 0 Å². The van der Waals surface area contributed by atoms with Crippen molar-refractivity contribution in [2.45, 2.75) is 20.1 Å². The van der Waals surface area contributed by atoms with Crippen molar-refractivity contribution >= 4 is 5.97 Å². The third-order valence-electron chi connectivity index (χ3n) is 1.20. The third-order valence-corrected chi connectivity index (χ3v) is 1.20. The van der Waals surface area contributed by atoms with Gasteiger partial charge in [-0.15, -0.1) is 0 Å². The topological polar surface area (TPSA) is 77.8 Å². The first-order chi connectivity index (χ1) is 3.89. The van der Waals surface area contributed by atoms with Crippen molar-refractivity contribution < 1.29 is 20.1 Å². The van der Waals surface area contributed by atoms with Gasteiger partial charge >= 0.3 is 5.97 Å². The van der Waals surface area contributed by atoms with Crippen molar-refractivity contribution in [3.05, 3.63) is 0 Å². The molecule has 0 aromatic carbocycles. The predicted octanol–water partition coefficient (Wildman–Crippen LogP) is -0.592. The van der Waals surface area contributed by atoms with Crippen molar-refractivity contribution in [2.75, 3.05) is 0 Å². The molecule has 0 aromatic heterocycles. The summed E-state index contributed by atoms with van der Waals surface area (Å²) >= 11 is 0. The number of carbonyl (C=O) groups is 1. The normalized spacial score (nSPS) is 12.1. The quantitative estimate of drug-likeness (QED) is 0.441. The Morgan fingerprint density at radius 3 is 1.78 bits per heavy atom. The molecule has 0 rings (SSSR count). The van der Waals surface area contributed by atoms with Crippen LogP contribution in [0.5, 0.6) is 0 Å². The summed E-state index contributed by atoms with van der Waals surface area (Å²) in [5.74, 6) is -1.22. The Hall–Kier alpha value is -0.610. The van der Waals surface area contributed by atoms with E-state index in [1.54, 1.807) is 0 Å². The minimum Gasteiger partial charge on any atom is -0.481 e. The van der Waals surface area contributed by atoms with E-state index in [0.29, 0.717) is 0 Å². The molecule has 4 nitrogen and oxygen atoms in total. The van der Waals surface area contributed by atoms with Gasteiger partial charge in [0.1, 0.15) is 5.41 Å². The van der Waals surface area contributed by atoms with Gasteiger partial charge in [-0.3, -0.25) is 4.79 Å². The lowest BCUT2D eigenvalue weighted by molar-refractivity contribution is -0.174. The van der Waals surface area contributed by atoms with Crippen molar-refractivity contribution in [3.8, 4) is 0 Å². The zero-order valence-corrected chi connectivity index (χ0v) is 5.33. The van der Waals surface area contributed by atoms with Gasteiger partial charge in [0.15, 0.2) is 6.29 Å². The van der Waals surface area contributed by atoms with E-state index < -0.39 is 17.7 Å². The molecule has 0 aliphatic carbocycles. The second-order valence-corrected chi connectivity index (χ2v) is 2.40. The summed E-state index contributed by atoms with van der Waals surface area (Å²) in [5, 5.41) is 25.1. The monoisotopic (exact) mass is 134 g/mol. The Bertz CT molecular complexity index is 116. The van der Waals surface area contributed by atoms with Crippen LogP contribution in [-0.4, -0.2) is 27.6 Å². The van der Waals surface area contributed by atoms with E-state index in [2.05, 4.69) is 0 Å². The Morgan fingerprint density at radius 2 is 1.78 bits per heavy atom. The number of rotatable bonds is 2. The zero-order valence-electron chi connectivity index (χ0n) is 5.33. The lowest BCUT2D eigenvalue weighted by Crippen LogP contribution is -2.36. The van der Waals surface area contributed by atoms with E-state index in [9.17, 15) is 4.79 Å². The number of aliphatic hydroxyl groups is 2. The van der Waals surface area contributed by atoms with E-state index in [-0.39, 0.29) is 0 Å². The second kappa shape index (κ2) is 2.33. The minimum absolute atomic E-state index is 1.22. The lowest BCUT2D eigenvalue weighted by atomic mass is 9.93. The number of carboxylic acid groups (broad SMARTS) is 1. The zero-order chi connectivity index (χ0) is 7.65. The van der Waals surface area contributed by atoms with Crippen LogP contribution in [-0.2, 0) is 4.79 Å². The Labute approximate surface area is 52.7 Å². The highest BCUT2D eigenvalue weighted by Gasteiger charge is 2.34. The molecular formula is C5H10O4. The number of aliphatic carboxylic acids is 1. The molecule has 0 atom stereocenters. The van der Waals surface area contributed by atoms with E-state index in [0.717, 1.165) is 0 Å². The molecule has 0 amide bonds. The molecule has 0 unspecified atom stereocenters. The summed E-state index contributed by atoms with van der Waals surface area (Å²) in [5.41, 5.74) is -1.47. The summed E-state index contributed by atoms with van der Waals surface area (Å²) in [7, 11) is 0. The molecular weight excluding hydrogens is 124 g/mol. The summed E-state index contributed by atoms with van der Waals surface area (Å²) < 4.78 is 0. The first kappa shape index (κ1) is 8.39. The fourth-order valence-corrected chi connectivity index (χ4v) is 0.110. The molecule has 9 heavy (non-hydrogen) atoms. The fourth-order valence-electron chi connectivity index (χ4n) is 0.110. The summed E-state index contributed by atoms with van der Waals surface area (Å²) in [6.45, 7) is 2.47. The van der Waals surface area contributed by atoms with E-state index in [1.165, 1.54) is 13.8 Å². The molecule has 3 N–H and O–H groups in total. The van der Waals surface area contributed by atoms with Gasteiger partial charge in [0, 0.05) is 0 Å². The summed E-state index contributed by atoms with van der Waals surface area (Å²) in [4.78, 5) is 10.1. The van der Waals surface area contributed by atoms with Gasteiger partial charge in [0.2, 0.25) is 0 Å². The van der Waals surface area contributed by atoms with Gasteiger partial charge in [-0.1, -0.05) is 0 Å². The average molecular weight is 134 g/mol. The first-order valence-electron chi connectivity index (χ1n) is 2.48. The Kier molecular flexibility index (Phi) is 2.17. The van der Waals surface area contributed by atoms with Crippen LogP contribution in [0, 0.1) is 5.41 Å². The molecule has 0 aromatic rings. The Balaban J connectivity index is 4.19. The fraction of sp³-hybridized carbons (Fsp3) is 0.800. The van der Waals surface area contributed by atoms with Crippen LogP contribution < -0.4 is 0 Å². The molecule has 0 saturated heterocycles. The molecule has 0 heterocycles. The molecule has 54 valence electrons. The van der Waals surface area contributed by atoms with Crippen LogP contribution >= 0.6 is 0 Å². The summed E-state index contributed by atoms with van der Waals surface area (Å²) in [6.07, 6.45) is -1.81. The van der Waals surface area contributed by atoms with E-state index in [1.807, 2.05) is 0 Å². The van der Waals surface area contributed by atoms with Crippen LogP contribution in [0.1, 0.15) is 13.8 Å². The molecule has 0 spiro atoms. The van der Waals surface area contributed by atoms with Gasteiger partial charge in [0.25, 0.3) is 0 Å². The Morgan fingerprint density at radius 1 is 1.44 bits per heavy atom. The molecule has 0 radical (unpaired) electrons. The molecule has 0 saturated carbocycles. The van der Waals surface area contributed by atoms with Crippen LogP contribution in [0.4, 0.5) is 0 Å². The van der Waals surface area contributed by atoms with Gasteiger partial charge < -0.3 is 15.3 Å². The third kappa shape index (κ3) is 1.65. The first-order valence-corrected chi connectivity index (χ1v) is 2.48. The SMILES string of the molecule is CC(C)(C(=O)O)C(O)O. The smallest absolute Gasteiger partial charge is 0.314 e. The van der Waals surface area contributed by atoms with Crippen LogP contribution in [0.2, 0.25) is 0 Å². The standard InChI is InChI=1S/C5H10O4/c1-5(2,3(6)7)4(8)9/h3,6-7H,1-2H3,(H,8,9). The number of hydrogen-bond donors (Lipinski definition) is 3. The number of aliphatic hydroxyl groups excluding tert-OH is 1. The van der Waals surface area contributed by atoms with Crippen molar-refractivity contribution in [2.24, 2.45) is 5.41 Å². The minimum atomic E-state index is -1.81. The van der Waals surface area contributed by atoms with Crippen LogP contribution in [0.15, 0.2) is 0 Å². The maximum atomic E-state index is 10.1. The molecule has 0 fully saturated rings. The highest BCUT2D eigenvalue weighted by molar-refractivity contribution is 5.73. The van der Waals surface area contributed by atoms with Gasteiger partial charge in [0.05, 0.1) is 0 Å².